The molecule has 3 fully saturated rings. The van der Waals surface area contributed by atoms with Crippen LogP contribution in [0.4, 0.5) is 10.5 Å². The SMILES string of the molecule is C[C@H]1CCCC[C@]12NC(=O)N(C[NH+]1CCC(C(=O)Nc3ccccc3)CC1)C2=O. The van der Waals surface area contributed by atoms with Crippen molar-refractivity contribution in [1.29, 1.82) is 0 Å². The van der Waals surface area contributed by atoms with Crippen molar-refractivity contribution in [2.45, 2.75) is 51.0 Å². The summed E-state index contributed by atoms with van der Waals surface area (Å²) in [4.78, 5) is 40.8. The lowest BCUT2D eigenvalue weighted by atomic mass is 9.73. The highest BCUT2D eigenvalue weighted by atomic mass is 16.2. The number of piperidine rings is 1. The van der Waals surface area contributed by atoms with Crippen LogP contribution in [0.25, 0.3) is 0 Å². The van der Waals surface area contributed by atoms with Crippen LogP contribution in [-0.2, 0) is 9.59 Å². The molecule has 2 saturated heterocycles. The van der Waals surface area contributed by atoms with E-state index < -0.39 is 5.54 Å². The highest BCUT2D eigenvalue weighted by molar-refractivity contribution is 6.07. The van der Waals surface area contributed by atoms with Crippen LogP contribution in [0, 0.1) is 11.8 Å². The van der Waals surface area contributed by atoms with Gasteiger partial charge in [-0.05, 0) is 30.9 Å². The zero-order valence-corrected chi connectivity index (χ0v) is 17.1. The van der Waals surface area contributed by atoms with Crippen molar-refractivity contribution < 1.29 is 19.3 Å². The largest absolute Gasteiger partial charge is 0.329 e. The number of carbonyl (C=O) groups excluding carboxylic acids is 3. The number of imide groups is 1. The van der Waals surface area contributed by atoms with Gasteiger partial charge in [0, 0.05) is 24.4 Å². The zero-order chi connectivity index (χ0) is 20.4. The molecule has 1 spiro atoms. The summed E-state index contributed by atoms with van der Waals surface area (Å²) in [6, 6.07) is 9.25. The first kappa shape index (κ1) is 19.9. The van der Waals surface area contributed by atoms with Gasteiger partial charge in [0.1, 0.15) is 5.54 Å². The van der Waals surface area contributed by atoms with Crippen LogP contribution in [0.1, 0.15) is 45.4 Å². The average molecular weight is 400 g/mol. The van der Waals surface area contributed by atoms with Gasteiger partial charge in [0.15, 0.2) is 6.67 Å². The second kappa shape index (κ2) is 8.14. The summed E-state index contributed by atoms with van der Waals surface area (Å²) in [5.74, 6) is 0.165. The minimum atomic E-state index is -0.692. The quantitative estimate of drug-likeness (QED) is 0.669. The second-order valence-corrected chi connectivity index (χ2v) is 8.82. The van der Waals surface area contributed by atoms with Crippen molar-refractivity contribution in [3.05, 3.63) is 30.3 Å². The number of anilines is 1. The van der Waals surface area contributed by atoms with Crippen molar-refractivity contribution in [2.24, 2.45) is 11.8 Å². The number of para-hydroxylation sites is 1. The van der Waals surface area contributed by atoms with Crippen LogP contribution in [0.5, 0.6) is 0 Å². The van der Waals surface area contributed by atoms with Gasteiger partial charge in [-0.2, -0.15) is 0 Å². The molecule has 0 aromatic heterocycles. The molecular weight excluding hydrogens is 368 g/mol. The maximum Gasteiger partial charge on any atom is 0.329 e. The molecule has 4 amide bonds. The number of hydrogen-bond acceptors (Lipinski definition) is 3. The second-order valence-electron chi connectivity index (χ2n) is 8.82. The molecule has 1 aliphatic carbocycles. The van der Waals surface area contributed by atoms with Crippen molar-refractivity contribution >= 4 is 23.5 Å². The molecule has 2 aliphatic heterocycles. The molecule has 3 aliphatic rings. The minimum absolute atomic E-state index is 0.0215. The number of likely N-dealkylation sites (tertiary alicyclic amines) is 1. The van der Waals surface area contributed by atoms with E-state index in [9.17, 15) is 14.4 Å². The van der Waals surface area contributed by atoms with Gasteiger partial charge in [0.25, 0.3) is 5.91 Å². The number of benzene rings is 1. The predicted molar refractivity (Wildman–Crippen MR) is 109 cm³/mol. The molecule has 3 N–H and O–H groups in total. The Balaban J connectivity index is 1.31. The highest BCUT2D eigenvalue weighted by Crippen LogP contribution is 2.37. The van der Waals surface area contributed by atoms with Crippen LogP contribution >= 0.6 is 0 Å². The third-order valence-corrected chi connectivity index (χ3v) is 6.99. The number of carbonyl (C=O) groups is 3. The Kier molecular flexibility index (Phi) is 5.58. The van der Waals surface area contributed by atoms with Gasteiger partial charge in [0.2, 0.25) is 5.91 Å². The fourth-order valence-electron chi connectivity index (χ4n) is 5.07. The fourth-order valence-corrected chi connectivity index (χ4v) is 5.07. The van der Waals surface area contributed by atoms with E-state index in [-0.39, 0.29) is 29.7 Å². The van der Waals surface area contributed by atoms with Gasteiger partial charge >= 0.3 is 6.03 Å². The molecule has 2 atom stereocenters. The first-order chi connectivity index (χ1) is 14.0. The summed E-state index contributed by atoms with van der Waals surface area (Å²) in [5, 5.41) is 6.00. The van der Waals surface area contributed by atoms with E-state index in [1.165, 1.54) is 9.80 Å². The van der Waals surface area contributed by atoms with Crippen molar-refractivity contribution in [1.82, 2.24) is 10.2 Å². The number of urea groups is 1. The van der Waals surface area contributed by atoms with Crippen LogP contribution in [-0.4, -0.2) is 48.0 Å². The van der Waals surface area contributed by atoms with Crippen LogP contribution < -0.4 is 15.5 Å². The average Bonchev–Trinajstić information content (AvgIpc) is 2.96. The summed E-state index contributed by atoms with van der Waals surface area (Å²) in [6.07, 6.45) is 5.36. The summed E-state index contributed by atoms with van der Waals surface area (Å²) in [6.45, 7) is 4.04. The lowest BCUT2D eigenvalue weighted by Crippen LogP contribution is -3.14. The number of hydrogen-bond donors (Lipinski definition) is 3. The molecule has 1 aromatic rings. The number of nitrogens with zero attached hydrogens (tertiary/aromatic N) is 1. The first-order valence-electron chi connectivity index (χ1n) is 10.8. The molecule has 4 rings (SSSR count). The minimum Gasteiger partial charge on any atom is -0.326 e. The third-order valence-electron chi connectivity index (χ3n) is 6.99. The lowest BCUT2D eigenvalue weighted by Gasteiger charge is -2.37. The first-order valence-corrected chi connectivity index (χ1v) is 10.8. The van der Waals surface area contributed by atoms with Gasteiger partial charge in [-0.1, -0.05) is 38.0 Å². The van der Waals surface area contributed by atoms with Crippen molar-refractivity contribution in [2.75, 3.05) is 25.1 Å². The molecule has 1 aromatic carbocycles. The predicted octanol–water partition coefficient (Wildman–Crippen LogP) is 1.38. The Morgan fingerprint density at radius 2 is 1.90 bits per heavy atom. The van der Waals surface area contributed by atoms with E-state index in [4.69, 9.17) is 0 Å². The molecular formula is C22H31N4O3+. The number of quaternary nitrogens is 1. The smallest absolute Gasteiger partial charge is 0.326 e. The maximum absolute atomic E-state index is 13.1. The van der Waals surface area contributed by atoms with Crippen molar-refractivity contribution in [3.63, 3.8) is 0 Å². The molecule has 156 valence electrons. The Labute approximate surface area is 171 Å². The van der Waals surface area contributed by atoms with Crippen molar-refractivity contribution in [3.8, 4) is 0 Å². The van der Waals surface area contributed by atoms with E-state index >= 15 is 0 Å². The van der Waals surface area contributed by atoms with Gasteiger partial charge in [-0.3, -0.25) is 9.59 Å². The highest BCUT2D eigenvalue weighted by Gasteiger charge is 2.55. The van der Waals surface area contributed by atoms with E-state index in [1.54, 1.807) is 0 Å². The fraction of sp³-hybridized carbons (Fsp3) is 0.591. The molecule has 7 nitrogen and oxygen atoms in total. The molecule has 2 heterocycles. The summed E-state index contributed by atoms with van der Waals surface area (Å²) in [7, 11) is 0. The van der Waals surface area contributed by atoms with E-state index in [0.29, 0.717) is 6.67 Å². The molecule has 0 radical (unpaired) electrons. The standard InChI is InChI=1S/C22H30N4O3/c1-16-7-5-6-12-22(16)20(28)26(21(29)24-22)15-25-13-10-17(11-14-25)19(27)23-18-8-3-2-4-9-18/h2-4,8-9,16-17H,5-7,10-15H2,1H3,(H,23,27)(H,24,29)/p+1/t16-,22-/m0/s1. The molecule has 7 heteroatoms. The van der Waals surface area contributed by atoms with E-state index in [1.807, 2.05) is 30.3 Å². The Bertz CT molecular complexity index is 776. The number of amides is 4. The Morgan fingerprint density at radius 3 is 2.59 bits per heavy atom. The van der Waals surface area contributed by atoms with E-state index in [0.717, 1.165) is 57.3 Å². The number of rotatable bonds is 4. The molecule has 0 unspecified atom stereocenters. The lowest BCUT2D eigenvalue weighted by molar-refractivity contribution is -0.912. The van der Waals surface area contributed by atoms with Crippen LogP contribution in [0.3, 0.4) is 0 Å². The summed E-state index contributed by atoms with van der Waals surface area (Å²) in [5.41, 5.74) is 0.126. The third kappa shape index (κ3) is 3.88. The molecule has 29 heavy (non-hydrogen) atoms. The van der Waals surface area contributed by atoms with E-state index in [2.05, 4.69) is 17.6 Å². The maximum atomic E-state index is 13.1. The molecule has 1 saturated carbocycles. The zero-order valence-electron chi connectivity index (χ0n) is 17.1. The summed E-state index contributed by atoms with van der Waals surface area (Å²) >= 11 is 0. The Hall–Kier alpha value is -2.41. The number of nitrogens with one attached hydrogen (secondary N) is 3. The topological polar surface area (TPSA) is 82.9 Å². The van der Waals surface area contributed by atoms with Gasteiger partial charge in [0.05, 0.1) is 13.1 Å². The van der Waals surface area contributed by atoms with Gasteiger partial charge < -0.3 is 15.5 Å². The van der Waals surface area contributed by atoms with Crippen LogP contribution in [0.2, 0.25) is 0 Å². The summed E-state index contributed by atoms with van der Waals surface area (Å²) < 4.78 is 0. The Morgan fingerprint density at radius 1 is 1.17 bits per heavy atom. The molecule has 0 bridgehead atoms. The van der Waals surface area contributed by atoms with Gasteiger partial charge in [-0.25, -0.2) is 9.69 Å². The van der Waals surface area contributed by atoms with Crippen LogP contribution in [0.15, 0.2) is 30.3 Å². The van der Waals surface area contributed by atoms with Gasteiger partial charge in [-0.15, -0.1) is 0 Å². The normalized spacial score (nSPS) is 32.3. The monoisotopic (exact) mass is 399 g/mol.